The van der Waals surface area contributed by atoms with Crippen molar-refractivity contribution < 1.29 is 22.7 Å². The number of anilines is 1. The summed E-state index contributed by atoms with van der Waals surface area (Å²) in [4.78, 5) is 11.0. The molecule has 8 heteroatoms. The zero-order valence-electron chi connectivity index (χ0n) is 9.05. The number of benzene rings is 1. The summed E-state index contributed by atoms with van der Waals surface area (Å²) >= 11 is 5.70. The molecule has 0 aliphatic rings. The summed E-state index contributed by atoms with van der Waals surface area (Å²) in [6.07, 6.45) is -4.44. The Morgan fingerprint density at radius 1 is 1.44 bits per heavy atom. The third kappa shape index (κ3) is 5.13. The third-order valence-electron chi connectivity index (χ3n) is 1.83. The minimum absolute atomic E-state index is 0.239. The van der Waals surface area contributed by atoms with Gasteiger partial charge in [0, 0.05) is 6.07 Å². The van der Waals surface area contributed by atoms with Crippen LogP contribution in [0.1, 0.15) is 0 Å². The van der Waals surface area contributed by atoms with Gasteiger partial charge in [-0.1, -0.05) is 11.6 Å². The molecule has 1 aromatic rings. The molecule has 0 aliphatic carbocycles. The molecule has 0 aromatic heterocycles. The maximum Gasteiger partial charge on any atom is 0.405 e. The Bertz CT molecular complexity index is 438. The first-order valence-electron chi connectivity index (χ1n) is 4.79. The van der Waals surface area contributed by atoms with E-state index in [1.54, 1.807) is 5.32 Å². The lowest BCUT2D eigenvalue weighted by molar-refractivity contribution is -0.139. The van der Waals surface area contributed by atoms with Gasteiger partial charge in [0.15, 0.2) is 6.61 Å². The van der Waals surface area contributed by atoms with Gasteiger partial charge in [-0.25, -0.2) is 0 Å². The van der Waals surface area contributed by atoms with Crippen LogP contribution in [0.25, 0.3) is 0 Å². The number of nitrogens with two attached hydrogens (primary N) is 1. The van der Waals surface area contributed by atoms with E-state index in [2.05, 4.69) is 0 Å². The van der Waals surface area contributed by atoms with E-state index in [-0.39, 0.29) is 10.8 Å². The Morgan fingerprint density at radius 2 is 2.11 bits per heavy atom. The maximum absolute atomic E-state index is 11.8. The first kappa shape index (κ1) is 14.4. The lowest BCUT2D eigenvalue weighted by Gasteiger charge is -2.10. The highest BCUT2D eigenvalue weighted by Gasteiger charge is 2.27. The van der Waals surface area contributed by atoms with E-state index in [1.165, 1.54) is 18.2 Å². The number of nitrogen functional groups attached to an aromatic ring is 1. The second kappa shape index (κ2) is 5.81. The SMILES string of the molecule is Nc1ccc(OCC(=O)NCC(F)(F)F)cc1Cl. The number of nitrogens with one attached hydrogen (secondary N) is 1. The van der Waals surface area contributed by atoms with Crippen molar-refractivity contribution in [3.05, 3.63) is 23.2 Å². The van der Waals surface area contributed by atoms with E-state index >= 15 is 0 Å². The van der Waals surface area contributed by atoms with Gasteiger partial charge in [0.2, 0.25) is 0 Å². The van der Waals surface area contributed by atoms with Crippen molar-refractivity contribution in [3.8, 4) is 5.75 Å². The molecule has 0 spiro atoms. The van der Waals surface area contributed by atoms with Crippen molar-refractivity contribution >= 4 is 23.2 Å². The lowest BCUT2D eigenvalue weighted by atomic mass is 10.3. The van der Waals surface area contributed by atoms with Crippen LogP contribution in [0.2, 0.25) is 5.02 Å². The Morgan fingerprint density at radius 3 is 2.67 bits per heavy atom. The number of ether oxygens (including phenoxy) is 1. The van der Waals surface area contributed by atoms with E-state index in [0.717, 1.165) is 0 Å². The van der Waals surface area contributed by atoms with Gasteiger partial charge in [0.1, 0.15) is 12.3 Å². The normalized spacial score (nSPS) is 11.1. The quantitative estimate of drug-likeness (QED) is 0.830. The Kier molecular flexibility index (Phi) is 4.66. The predicted octanol–water partition coefficient (Wildman–Crippen LogP) is 1.98. The first-order valence-corrected chi connectivity index (χ1v) is 5.17. The number of hydrogen-bond acceptors (Lipinski definition) is 3. The average Bonchev–Trinajstić information content (AvgIpc) is 2.27. The highest BCUT2D eigenvalue weighted by Crippen LogP contribution is 2.23. The smallest absolute Gasteiger partial charge is 0.405 e. The minimum atomic E-state index is -4.44. The second-order valence-electron chi connectivity index (χ2n) is 3.36. The molecule has 18 heavy (non-hydrogen) atoms. The van der Waals surface area contributed by atoms with Gasteiger partial charge in [0.25, 0.3) is 5.91 Å². The number of alkyl halides is 3. The largest absolute Gasteiger partial charge is 0.484 e. The van der Waals surface area contributed by atoms with Gasteiger partial charge in [0.05, 0.1) is 10.7 Å². The molecule has 0 fully saturated rings. The second-order valence-corrected chi connectivity index (χ2v) is 3.77. The number of halogens is 4. The van der Waals surface area contributed by atoms with Crippen LogP contribution in [0, 0.1) is 0 Å². The Labute approximate surface area is 106 Å². The summed E-state index contributed by atoms with van der Waals surface area (Å²) in [5.41, 5.74) is 5.79. The van der Waals surface area contributed by atoms with Crippen LogP contribution in [-0.4, -0.2) is 25.2 Å². The Hall–Kier alpha value is -1.63. The van der Waals surface area contributed by atoms with Crippen LogP contribution in [0.3, 0.4) is 0 Å². The fraction of sp³-hybridized carbons (Fsp3) is 0.300. The van der Waals surface area contributed by atoms with E-state index in [0.29, 0.717) is 5.69 Å². The van der Waals surface area contributed by atoms with Crippen molar-refractivity contribution in [1.82, 2.24) is 5.32 Å². The van der Waals surface area contributed by atoms with Crippen LogP contribution in [0.15, 0.2) is 18.2 Å². The predicted molar refractivity (Wildman–Crippen MR) is 60.4 cm³/mol. The molecule has 0 atom stereocenters. The lowest BCUT2D eigenvalue weighted by Crippen LogP contribution is -2.36. The van der Waals surface area contributed by atoms with Gasteiger partial charge < -0.3 is 15.8 Å². The molecule has 0 heterocycles. The number of amides is 1. The summed E-state index contributed by atoms with van der Waals surface area (Å²) in [5, 5.41) is 1.91. The third-order valence-corrected chi connectivity index (χ3v) is 2.16. The van der Waals surface area contributed by atoms with Gasteiger partial charge in [-0.3, -0.25) is 4.79 Å². The average molecular weight is 283 g/mol. The summed E-state index contributed by atoms with van der Waals surface area (Å²) in [5.74, 6) is -0.628. The monoisotopic (exact) mass is 282 g/mol. The molecule has 100 valence electrons. The van der Waals surface area contributed by atoms with Crippen LogP contribution in [0.4, 0.5) is 18.9 Å². The summed E-state index contributed by atoms with van der Waals surface area (Å²) < 4.78 is 40.3. The van der Waals surface area contributed by atoms with E-state index < -0.39 is 25.2 Å². The molecule has 0 unspecified atom stereocenters. The highest BCUT2D eigenvalue weighted by molar-refractivity contribution is 6.33. The van der Waals surface area contributed by atoms with Crippen molar-refractivity contribution in [2.75, 3.05) is 18.9 Å². The zero-order valence-corrected chi connectivity index (χ0v) is 9.81. The van der Waals surface area contributed by atoms with Crippen molar-refractivity contribution in [3.63, 3.8) is 0 Å². The van der Waals surface area contributed by atoms with Crippen LogP contribution in [-0.2, 0) is 4.79 Å². The summed E-state index contributed by atoms with van der Waals surface area (Å²) in [6, 6.07) is 4.29. The first-order chi connectivity index (χ1) is 8.28. The minimum Gasteiger partial charge on any atom is -0.484 e. The van der Waals surface area contributed by atoms with E-state index in [4.69, 9.17) is 22.1 Å². The van der Waals surface area contributed by atoms with Crippen LogP contribution >= 0.6 is 11.6 Å². The highest BCUT2D eigenvalue weighted by atomic mass is 35.5. The fourth-order valence-corrected chi connectivity index (χ4v) is 1.17. The van der Waals surface area contributed by atoms with Crippen LogP contribution < -0.4 is 15.8 Å². The molecule has 4 nitrogen and oxygen atoms in total. The maximum atomic E-state index is 11.8. The molecule has 1 amide bonds. The molecular formula is C10H10ClF3N2O2. The molecule has 1 aromatic carbocycles. The molecule has 1 rings (SSSR count). The summed E-state index contributed by atoms with van der Waals surface area (Å²) in [6.45, 7) is -1.92. The van der Waals surface area contributed by atoms with Gasteiger partial charge in [-0.2, -0.15) is 13.2 Å². The fourth-order valence-electron chi connectivity index (χ4n) is 0.996. The molecule has 0 bridgehead atoms. The van der Waals surface area contributed by atoms with Gasteiger partial charge in [-0.15, -0.1) is 0 Å². The molecule has 0 radical (unpaired) electrons. The number of carbonyl (C=O) groups excluding carboxylic acids is 1. The number of carbonyl (C=O) groups is 1. The van der Waals surface area contributed by atoms with Crippen molar-refractivity contribution in [1.29, 1.82) is 0 Å². The van der Waals surface area contributed by atoms with Gasteiger partial charge in [-0.05, 0) is 12.1 Å². The molecule has 0 saturated heterocycles. The molecule has 0 saturated carbocycles. The topological polar surface area (TPSA) is 64.3 Å². The standard InChI is InChI=1S/C10H10ClF3N2O2/c11-7-3-6(1-2-8(7)15)18-4-9(17)16-5-10(12,13)14/h1-3H,4-5,15H2,(H,16,17). The molecule has 0 aliphatic heterocycles. The van der Waals surface area contributed by atoms with Crippen LogP contribution in [0.5, 0.6) is 5.75 Å². The Balaban J connectivity index is 2.40. The van der Waals surface area contributed by atoms with Gasteiger partial charge >= 0.3 is 6.18 Å². The van der Waals surface area contributed by atoms with Crippen molar-refractivity contribution in [2.45, 2.75) is 6.18 Å². The van der Waals surface area contributed by atoms with E-state index in [1.807, 2.05) is 0 Å². The number of rotatable bonds is 4. The summed E-state index contributed by atoms with van der Waals surface area (Å²) in [7, 11) is 0. The zero-order chi connectivity index (χ0) is 13.8. The van der Waals surface area contributed by atoms with E-state index in [9.17, 15) is 18.0 Å². The van der Waals surface area contributed by atoms with Crippen molar-refractivity contribution in [2.24, 2.45) is 0 Å². The molecular weight excluding hydrogens is 273 g/mol. The molecule has 3 N–H and O–H groups in total. The number of hydrogen-bond donors (Lipinski definition) is 2.